The molecule has 23 heavy (non-hydrogen) atoms. The van der Waals surface area contributed by atoms with E-state index in [1.54, 1.807) is 12.1 Å². The van der Waals surface area contributed by atoms with Gasteiger partial charge in [-0.05, 0) is 30.7 Å². The summed E-state index contributed by atoms with van der Waals surface area (Å²) in [5.74, 6) is 1.15. The maximum atomic E-state index is 8.78. The Balaban J connectivity index is 1.96. The molecule has 1 aromatic heterocycles. The van der Waals surface area contributed by atoms with Gasteiger partial charge in [-0.25, -0.2) is 0 Å². The second-order valence-corrected chi connectivity index (χ2v) is 6.09. The van der Waals surface area contributed by atoms with E-state index in [2.05, 4.69) is 65.6 Å². The number of anilines is 1. The van der Waals surface area contributed by atoms with Gasteiger partial charge in [0.05, 0.1) is 0 Å². The van der Waals surface area contributed by atoms with E-state index in [1.165, 1.54) is 5.56 Å². The maximum Gasteiger partial charge on any atom is 0.163 e. The Morgan fingerprint density at radius 1 is 1.13 bits per heavy atom. The third-order valence-electron chi connectivity index (χ3n) is 3.72. The van der Waals surface area contributed by atoms with Crippen LogP contribution in [0.3, 0.4) is 0 Å². The molecule has 2 aromatic rings. The average Bonchev–Trinajstić information content (AvgIpc) is 2.55. The summed E-state index contributed by atoms with van der Waals surface area (Å²) in [5, 5.41) is 20.1. The fraction of sp³-hybridized carbons (Fsp3) is 0.389. The van der Waals surface area contributed by atoms with Crippen molar-refractivity contribution in [2.24, 2.45) is 5.92 Å². The van der Waals surface area contributed by atoms with Crippen LogP contribution in [-0.4, -0.2) is 34.7 Å². The SMILES string of the molecule is CC(C)C(CN(C)Cc1ccccc1)Nc1ccc(C#N)nn1. The third-order valence-corrected chi connectivity index (χ3v) is 3.72. The van der Waals surface area contributed by atoms with Gasteiger partial charge < -0.3 is 10.2 Å². The summed E-state index contributed by atoms with van der Waals surface area (Å²) in [4.78, 5) is 2.30. The van der Waals surface area contributed by atoms with Crippen molar-refractivity contribution in [3.63, 3.8) is 0 Å². The summed E-state index contributed by atoms with van der Waals surface area (Å²) in [5.41, 5.74) is 1.63. The van der Waals surface area contributed by atoms with Crippen LogP contribution in [0.5, 0.6) is 0 Å². The number of nitrogens with zero attached hydrogens (tertiary/aromatic N) is 4. The monoisotopic (exact) mass is 309 g/mol. The topological polar surface area (TPSA) is 64.8 Å². The van der Waals surface area contributed by atoms with E-state index in [4.69, 9.17) is 5.26 Å². The van der Waals surface area contributed by atoms with Crippen LogP contribution < -0.4 is 5.32 Å². The summed E-state index contributed by atoms with van der Waals surface area (Å²) < 4.78 is 0. The number of hydrogen-bond acceptors (Lipinski definition) is 5. The molecule has 5 nitrogen and oxygen atoms in total. The normalized spacial score (nSPS) is 12.2. The van der Waals surface area contributed by atoms with Crippen LogP contribution in [0.1, 0.15) is 25.1 Å². The van der Waals surface area contributed by atoms with Crippen LogP contribution in [0.4, 0.5) is 5.82 Å². The highest BCUT2D eigenvalue weighted by atomic mass is 15.2. The second kappa shape index (κ2) is 8.25. The van der Waals surface area contributed by atoms with Crippen molar-refractivity contribution in [3.8, 4) is 6.07 Å². The number of benzene rings is 1. The van der Waals surface area contributed by atoms with E-state index in [9.17, 15) is 0 Å². The van der Waals surface area contributed by atoms with Crippen LogP contribution in [0.25, 0.3) is 0 Å². The average molecular weight is 309 g/mol. The molecule has 0 radical (unpaired) electrons. The molecule has 120 valence electrons. The van der Waals surface area contributed by atoms with E-state index in [-0.39, 0.29) is 6.04 Å². The molecule has 1 atom stereocenters. The molecule has 0 spiro atoms. The molecule has 0 amide bonds. The molecule has 0 aliphatic heterocycles. The molecule has 0 bridgehead atoms. The molecule has 1 heterocycles. The van der Waals surface area contributed by atoms with Gasteiger partial charge in [0.15, 0.2) is 5.69 Å². The Kier molecular flexibility index (Phi) is 6.07. The Hall–Kier alpha value is -2.45. The Morgan fingerprint density at radius 3 is 2.43 bits per heavy atom. The van der Waals surface area contributed by atoms with Crippen LogP contribution in [-0.2, 0) is 6.54 Å². The lowest BCUT2D eigenvalue weighted by atomic mass is 10.0. The number of aromatic nitrogens is 2. The Morgan fingerprint density at radius 2 is 1.87 bits per heavy atom. The number of likely N-dealkylation sites (N-methyl/N-ethyl adjacent to an activating group) is 1. The number of nitrogens with one attached hydrogen (secondary N) is 1. The van der Waals surface area contributed by atoms with Gasteiger partial charge in [0.1, 0.15) is 11.9 Å². The predicted molar refractivity (Wildman–Crippen MR) is 91.8 cm³/mol. The molecule has 0 aliphatic rings. The lowest BCUT2D eigenvalue weighted by Gasteiger charge is -2.28. The number of rotatable bonds is 7. The lowest BCUT2D eigenvalue weighted by molar-refractivity contribution is 0.286. The van der Waals surface area contributed by atoms with Gasteiger partial charge >= 0.3 is 0 Å². The van der Waals surface area contributed by atoms with Gasteiger partial charge in [-0.15, -0.1) is 10.2 Å². The van der Waals surface area contributed by atoms with Gasteiger partial charge in [-0.2, -0.15) is 5.26 Å². The minimum Gasteiger partial charge on any atom is -0.364 e. The summed E-state index contributed by atoms with van der Waals surface area (Å²) in [6.07, 6.45) is 0. The zero-order valence-electron chi connectivity index (χ0n) is 13.9. The molecule has 0 saturated heterocycles. The molecular weight excluding hydrogens is 286 g/mol. The van der Waals surface area contributed by atoms with E-state index in [0.717, 1.165) is 13.1 Å². The van der Waals surface area contributed by atoms with Crippen LogP contribution in [0.15, 0.2) is 42.5 Å². The molecule has 5 heteroatoms. The van der Waals surface area contributed by atoms with Crippen molar-refractivity contribution in [2.45, 2.75) is 26.4 Å². The highest BCUT2D eigenvalue weighted by Gasteiger charge is 2.16. The zero-order chi connectivity index (χ0) is 16.7. The fourth-order valence-corrected chi connectivity index (χ4v) is 2.38. The van der Waals surface area contributed by atoms with Crippen molar-refractivity contribution < 1.29 is 0 Å². The van der Waals surface area contributed by atoms with E-state index in [0.29, 0.717) is 17.4 Å². The predicted octanol–water partition coefficient (Wildman–Crippen LogP) is 2.92. The zero-order valence-corrected chi connectivity index (χ0v) is 13.9. The van der Waals surface area contributed by atoms with Gasteiger partial charge in [0.2, 0.25) is 0 Å². The third kappa shape index (κ3) is 5.35. The minimum atomic E-state index is 0.256. The molecule has 2 rings (SSSR count). The number of hydrogen-bond donors (Lipinski definition) is 1. The Labute approximate surface area is 138 Å². The van der Waals surface area contributed by atoms with Crippen molar-refractivity contribution in [1.29, 1.82) is 5.26 Å². The first-order valence-corrected chi connectivity index (χ1v) is 7.81. The van der Waals surface area contributed by atoms with E-state index in [1.807, 2.05) is 12.1 Å². The van der Waals surface area contributed by atoms with Gasteiger partial charge in [-0.1, -0.05) is 44.2 Å². The lowest BCUT2D eigenvalue weighted by Crippen LogP contribution is -2.38. The molecule has 0 aliphatic carbocycles. The van der Waals surface area contributed by atoms with Crippen molar-refractivity contribution in [3.05, 3.63) is 53.7 Å². The summed E-state index contributed by atoms with van der Waals surface area (Å²) >= 11 is 0. The van der Waals surface area contributed by atoms with E-state index < -0.39 is 0 Å². The first-order valence-electron chi connectivity index (χ1n) is 7.81. The first-order chi connectivity index (χ1) is 11.1. The van der Waals surface area contributed by atoms with Crippen LogP contribution >= 0.6 is 0 Å². The van der Waals surface area contributed by atoms with Crippen molar-refractivity contribution >= 4 is 5.82 Å². The van der Waals surface area contributed by atoms with Crippen molar-refractivity contribution in [2.75, 3.05) is 18.9 Å². The molecule has 1 N–H and O–H groups in total. The first kappa shape index (κ1) is 16.9. The molecular formula is C18H23N5. The van der Waals surface area contributed by atoms with Gasteiger partial charge in [0, 0.05) is 19.1 Å². The Bertz CT molecular complexity index is 631. The van der Waals surface area contributed by atoms with E-state index >= 15 is 0 Å². The largest absolute Gasteiger partial charge is 0.364 e. The quantitative estimate of drug-likeness (QED) is 0.852. The maximum absolute atomic E-state index is 8.78. The van der Waals surface area contributed by atoms with Crippen LogP contribution in [0, 0.1) is 17.2 Å². The molecule has 1 aromatic carbocycles. The minimum absolute atomic E-state index is 0.256. The van der Waals surface area contributed by atoms with Crippen molar-refractivity contribution in [1.82, 2.24) is 15.1 Å². The molecule has 1 unspecified atom stereocenters. The summed E-state index contributed by atoms with van der Waals surface area (Å²) in [6.45, 7) is 6.18. The standard InChI is InChI=1S/C18H23N5/c1-14(2)17(20-18-10-9-16(11-19)21-22-18)13-23(3)12-15-7-5-4-6-8-15/h4-10,14,17H,12-13H2,1-3H3,(H,20,22). The highest BCUT2D eigenvalue weighted by molar-refractivity contribution is 5.36. The van der Waals surface area contributed by atoms with Gasteiger partial charge in [0.25, 0.3) is 0 Å². The van der Waals surface area contributed by atoms with Gasteiger partial charge in [-0.3, -0.25) is 0 Å². The molecule has 0 saturated carbocycles. The van der Waals surface area contributed by atoms with Crippen LogP contribution in [0.2, 0.25) is 0 Å². The molecule has 0 fully saturated rings. The fourth-order valence-electron chi connectivity index (χ4n) is 2.38. The smallest absolute Gasteiger partial charge is 0.163 e. The number of nitriles is 1. The second-order valence-electron chi connectivity index (χ2n) is 6.09. The summed E-state index contributed by atoms with van der Waals surface area (Å²) in [7, 11) is 2.12. The highest BCUT2D eigenvalue weighted by Crippen LogP contribution is 2.12. The summed E-state index contributed by atoms with van der Waals surface area (Å²) in [6, 6.07) is 16.2.